The van der Waals surface area contributed by atoms with Crippen molar-refractivity contribution in [2.45, 2.75) is 33.3 Å². The van der Waals surface area contributed by atoms with Gasteiger partial charge in [-0.1, -0.05) is 18.2 Å². The number of ether oxygens (including phenoxy) is 2. The smallest absolute Gasteiger partial charge is 0.412 e. The number of nitrogens with one attached hydrogen (secondary N) is 2. The van der Waals surface area contributed by atoms with Crippen LogP contribution in [-0.2, 0) is 9.53 Å². The van der Waals surface area contributed by atoms with Gasteiger partial charge in [-0.2, -0.15) is 4.98 Å². The first-order valence-electron chi connectivity index (χ1n) is 9.56. The molecule has 1 aromatic heterocycles. The van der Waals surface area contributed by atoms with E-state index in [1.165, 1.54) is 0 Å². The van der Waals surface area contributed by atoms with Gasteiger partial charge in [0.1, 0.15) is 17.9 Å². The number of aryl methyl sites for hydroxylation is 1. The van der Waals surface area contributed by atoms with Gasteiger partial charge in [0.05, 0.1) is 10.9 Å². The van der Waals surface area contributed by atoms with Gasteiger partial charge in [0.15, 0.2) is 0 Å². The number of para-hydroxylation sites is 1. The number of fused-ring (bicyclic) bond motifs is 1. The molecule has 0 aliphatic rings. The van der Waals surface area contributed by atoms with Crippen molar-refractivity contribution in [1.82, 2.24) is 4.98 Å². The first-order valence-corrected chi connectivity index (χ1v) is 9.56. The second-order valence-electron chi connectivity index (χ2n) is 7.71. The number of rotatable bonds is 5. The van der Waals surface area contributed by atoms with Crippen molar-refractivity contribution in [3.05, 3.63) is 58.4 Å². The average molecular weight is 425 g/mol. The van der Waals surface area contributed by atoms with Gasteiger partial charge >= 0.3 is 17.7 Å². The Hall–Kier alpha value is -3.88. The largest absolute Gasteiger partial charge is 0.444 e. The third kappa shape index (κ3) is 5.81. The average Bonchev–Trinajstić information content (AvgIpc) is 2.68. The molecule has 0 aliphatic heterocycles. The molecule has 1 amide bonds. The van der Waals surface area contributed by atoms with E-state index in [1.807, 2.05) is 0 Å². The standard InChI is InChI=1S/C22H23N3O6/c1-13-15(25-21(28)31-22(2,3)4)10-11-16-18(13)19(27)30-20(24-16)23-12-17(26)29-14-8-6-5-7-9-14/h5-11H,12H2,1-4H3,(H,23,24)(H,25,28). The van der Waals surface area contributed by atoms with Crippen LogP contribution in [0.15, 0.2) is 51.7 Å². The second-order valence-corrected chi connectivity index (χ2v) is 7.71. The lowest BCUT2D eigenvalue weighted by molar-refractivity contribution is -0.132. The summed E-state index contributed by atoms with van der Waals surface area (Å²) in [7, 11) is 0. The van der Waals surface area contributed by atoms with Crippen LogP contribution in [0.3, 0.4) is 0 Å². The number of benzene rings is 2. The molecule has 31 heavy (non-hydrogen) atoms. The summed E-state index contributed by atoms with van der Waals surface area (Å²) < 4.78 is 15.6. The molecule has 9 nitrogen and oxygen atoms in total. The van der Waals surface area contributed by atoms with Crippen molar-refractivity contribution in [1.29, 1.82) is 0 Å². The van der Waals surface area contributed by atoms with Crippen molar-refractivity contribution in [3.8, 4) is 5.75 Å². The fraction of sp³-hybridized carbons (Fsp3) is 0.273. The van der Waals surface area contributed by atoms with E-state index in [1.54, 1.807) is 70.2 Å². The van der Waals surface area contributed by atoms with Gasteiger partial charge in [0, 0.05) is 5.69 Å². The van der Waals surface area contributed by atoms with Crippen molar-refractivity contribution >= 4 is 34.7 Å². The Morgan fingerprint density at radius 3 is 2.48 bits per heavy atom. The Balaban J connectivity index is 1.74. The van der Waals surface area contributed by atoms with E-state index < -0.39 is 23.3 Å². The van der Waals surface area contributed by atoms with E-state index in [0.29, 0.717) is 22.5 Å². The molecule has 3 aromatic rings. The summed E-state index contributed by atoms with van der Waals surface area (Å²) in [5.74, 6) is -0.160. The van der Waals surface area contributed by atoms with E-state index in [2.05, 4.69) is 15.6 Å². The lowest BCUT2D eigenvalue weighted by Crippen LogP contribution is -2.27. The predicted molar refractivity (Wildman–Crippen MR) is 115 cm³/mol. The third-order valence-electron chi connectivity index (χ3n) is 4.05. The van der Waals surface area contributed by atoms with E-state index in [9.17, 15) is 14.4 Å². The number of nitrogens with zero attached hydrogens (tertiary/aromatic N) is 1. The van der Waals surface area contributed by atoms with Gasteiger partial charge in [0.2, 0.25) is 0 Å². The molecule has 0 spiro atoms. The molecule has 9 heteroatoms. The number of amides is 1. The molecule has 2 N–H and O–H groups in total. The summed E-state index contributed by atoms with van der Waals surface area (Å²) in [5.41, 5.74) is -0.0724. The van der Waals surface area contributed by atoms with Gasteiger partial charge in [-0.05, 0) is 57.5 Å². The van der Waals surface area contributed by atoms with Crippen LogP contribution < -0.4 is 21.0 Å². The Morgan fingerprint density at radius 2 is 1.81 bits per heavy atom. The Bertz CT molecular complexity index is 1170. The lowest BCUT2D eigenvalue weighted by atomic mass is 10.1. The summed E-state index contributed by atoms with van der Waals surface area (Å²) in [5, 5.41) is 5.48. The maximum Gasteiger partial charge on any atom is 0.412 e. The van der Waals surface area contributed by atoms with E-state index in [-0.39, 0.29) is 17.9 Å². The van der Waals surface area contributed by atoms with Crippen LogP contribution in [-0.4, -0.2) is 29.2 Å². The molecule has 0 radical (unpaired) electrons. The summed E-state index contributed by atoms with van der Waals surface area (Å²) in [6.45, 7) is 6.68. The van der Waals surface area contributed by atoms with Crippen molar-refractivity contribution in [3.63, 3.8) is 0 Å². The summed E-state index contributed by atoms with van der Waals surface area (Å²) >= 11 is 0. The molecular formula is C22H23N3O6. The number of hydrogen-bond acceptors (Lipinski definition) is 8. The Labute approximate surface area is 178 Å². The Morgan fingerprint density at radius 1 is 1.10 bits per heavy atom. The van der Waals surface area contributed by atoms with Crippen LogP contribution in [0.1, 0.15) is 26.3 Å². The highest BCUT2D eigenvalue weighted by molar-refractivity contribution is 5.93. The van der Waals surface area contributed by atoms with Gasteiger partial charge in [-0.25, -0.2) is 14.4 Å². The van der Waals surface area contributed by atoms with Crippen LogP contribution in [0.25, 0.3) is 10.9 Å². The SMILES string of the molecule is Cc1c(NC(=O)OC(C)(C)C)ccc2nc(NCC(=O)Oc3ccccc3)oc(=O)c12. The molecule has 2 aromatic carbocycles. The quantitative estimate of drug-likeness (QED) is 0.467. The molecular weight excluding hydrogens is 402 g/mol. The van der Waals surface area contributed by atoms with Crippen molar-refractivity contribution < 1.29 is 23.5 Å². The number of esters is 1. The zero-order valence-corrected chi connectivity index (χ0v) is 17.6. The minimum absolute atomic E-state index is 0.116. The minimum Gasteiger partial charge on any atom is -0.444 e. The summed E-state index contributed by atoms with van der Waals surface area (Å²) in [6.07, 6.45) is -0.637. The van der Waals surface area contributed by atoms with Crippen LogP contribution in [0, 0.1) is 6.92 Å². The second kappa shape index (κ2) is 8.86. The summed E-state index contributed by atoms with van der Waals surface area (Å²) in [6, 6.07) is 11.7. The predicted octanol–water partition coefficient (Wildman–Crippen LogP) is 3.86. The third-order valence-corrected chi connectivity index (χ3v) is 4.05. The van der Waals surface area contributed by atoms with E-state index in [4.69, 9.17) is 13.9 Å². The number of aromatic nitrogens is 1. The fourth-order valence-electron chi connectivity index (χ4n) is 2.75. The highest BCUT2D eigenvalue weighted by atomic mass is 16.6. The van der Waals surface area contributed by atoms with Crippen molar-refractivity contribution in [2.24, 2.45) is 0 Å². The monoisotopic (exact) mass is 425 g/mol. The van der Waals surface area contributed by atoms with Crippen LogP contribution in [0.2, 0.25) is 0 Å². The van der Waals surface area contributed by atoms with Crippen molar-refractivity contribution in [2.75, 3.05) is 17.2 Å². The normalized spacial score (nSPS) is 11.1. The van der Waals surface area contributed by atoms with Gasteiger partial charge < -0.3 is 19.2 Å². The maximum atomic E-state index is 12.5. The molecule has 0 fully saturated rings. The van der Waals surface area contributed by atoms with Gasteiger partial charge in [-0.3, -0.25) is 5.32 Å². The minimum atomic E-state index is -0.658. The Kier molecular flexibility index (Phi) is 6.24. The molecule has 0 aliphatic carbocycles. The molecule has 1 heterocycles. The van der Waals surface area contributed by atoms with E-state index in [0.717, 1.165) is 0 Å². The zero-order chi connectivity index (χ0) is 22.6. The molecule has 3 rings (SSSR count). The zero-order valence-electron chi connectivity index (χ0n) is 17.6. The number of carbonyl (C=O) groups is 2. The first kappa shape index (κ1) is 21.8. The van der Waals surface area contributed by atoms with E-state index >= 15 is 0 Å². The maximum absolute atomic E-state index is 12.5. The molecule has 0 saturated carbocycles. The number of hydrogen-bond donors (Lipinski definition) is 2. The number of anilines is 2. The summed E-state index contributed by atoms with van der Waals surface area (Å²) in [4.78, 5) is 40.7. The molecule has 0 bridgehead atoms. The van der Waals surface area contributed by atoms with Crippen LogP contribution in [0.5, 0.6) is 5.75 Å². The lowest BCUT2D eigenvalue weighted by Gasteiger charge is -2.20. The fourth-order valence-corrected chi connectivity index (χ4v) is 2.75. The van der Waals surface area contributed by atoms with Crippen LogP contribution in [0.4, 0.5) is 16.5 Å². The molecule has 162 valence electrons. The van der Waals surface area contributed by atoms with Crippen LogP contribution >= 0.6 is 0 Å². The van der Waals surface area contributed by atoms with Gasteiger partial charge in [0.25, 0.3) is 6.01 Å². The van der Waals surface area contributed by atoms with Gasteiger partial charge in [-0.15, -0.1) is 0 Å². The first-order chi connectivity index (χ1) is 14.6. The molecule has 0 saturated heterocycles. The highest BCUT2D eigenvalue weighted by Crippen LogP contribution is 2.23. The topological polar surface area (TPSA) is 120 Å². The molecule has 0 unspecified atom stereocenters. The number of carbonyl (C=O) groups excluding carboxylic acids is 2. The molecule has 0 atom stereocenters. The highest BCUT2D eigenvalue weighted by Gasteiger charge is 2.18.